The molecule has 1 aromatic rings. The Morgan fingerprint density at radius 1 is 1.59 bits per heavy atom. The summed E-state index contributed by atoms with van der Waals surface area (Å²) in [5.74, 6) is 0.578. The SMILES string of the molecule is CCC(C)Cc1nnnn1CC1(C(=O)O)CC1. The van der Waals surface area contributed by atoms with Gasteiger partial charge in [0, 0.05) is 6.42 Å². The highest BCUT2D eigenvalue weighted by Gasteiger charge is 2.51. The van der Waals surface area contributed by atoms with Crippen molar-refractivity contribution in [3.8, 4) is 0 Å². The van der Waals surface area contributed by atoms with Gasteiger partial charge in [0.15, 0.2) is 5.82 Å². The molecule has 1 aliphatic carbocycles. The van der Waals surface area contributed by atoms with Crippen LogP contribution in [0.1, 0.15) is 38.9 Å². The molecule has 1 unspecified atom stereocenters. The summed E-state index contributed by atoms with van der Waals surface area (Å²) in [6, 6.07) is 0. The van der Waals surface area contributed by atoms with Gasteiger partial charge < -0.3 is 5.11 Å². The third-order valence-corrected chi connectivity index (χ3v) is 3.59. The van der Waals surface area contributed by atoms with E-state index in [4.69, 9.17) is 5.11 Å². The molecular weight excluding hydrogens is 220 g/mol. The molecule has 1 aliphatic rings. The van der Waals surface area contributed by atoms with Gasteiger partial charge in [-0.15, -0.1) is 5.10 Å². The average molecular weight is 238 g/mol. The highest BCUT2D eigenvalue weighted by Crippen LogP contribution is 2.47. The van der Waals surface area contributed by atoms with Crippen LogP contribution >= 0.6 is 0 Å². The number of aromatic nitrogens is 4. The topological polar surface area (TPSA) is 80.9 Å². The average Bonchev–Trinajstić information content (AvgIpc) is 2.96. The lowest BCUT2D eigenvalue weighted by Crippen LogP contribution is -2.24. The van der Waals surface area contributed by atoms with Crippen molar-refractivity contribution in [1.82, 2.24) is 20.2 Å². The molecule has 0 amide bonds. The van der Waals surface area contributed by atoms with Crippen LogP contribution in [0, 0.1) is 11.3 Å². The highest BCUT2D eigenvalue weighted by atomic mass is 16.4. The Morgan fingerprint density at radius 2 is 2.29 bits per heavy atom. The normalized spacial score (nSPS) is 18.9. The first-order valence-electron chi connectivity index (χ1n) is 6.06. The summed E-state index contributed by atoms with van der Waals surface area (Å²) in [6.45, 7) is 4.67. The van der Waals surface area contributed by atoms with Gasteiger partial charge in [-0.05, 0) is 29.2 Å². The predicted octanol–water partition coefficient (Wildman–Crippen LogP) is 1.13. The fourth-order valence-electron chi connectivity index (χ4n) is 1.83. The smallest absolute Gasteiger partial charge is 0.311 e. The van der Waals surface area contributed by atoms with Crippen molar-refractivity contribution in [2.75, 3.05) is 0 Å². The van der Waals surface area contributed by atoms with Gasteiger partial charge in [0.2, 0.25) is 0 Å². The van der Waals surface area contributed by atoms with Crippen LogP contribution in [-0.4, -0.2) is 31.3 Å². The molecule has 0 radical (unpaired) electrons. The molecule has 0 aromatic carbocycles. The maximum Gasteiger partial charge on any atom is 0.311 e. The largest absolute Gasteiger partial charge is 0.481 e. The lowest BCUT2D eigenvalue weighted by atomic mass is 10.0. The predicted molar refractivity (Wildman–Crippen MR) is 60.3 cm³/mol. The zero-order chi connectivity index (χ0) is 12.5. The third-order valence-electron chi connectivity index (χ3n) is 3.59. The minimum Gasteiger partial charge on any atom is -0.481 e. The summed E-state index contributed by atoms with van der Waals surface area (Å²) in [7, 11) is 0. The molecule has 6 nitrogen and oxygen atoms in total. The molecule has 1 fully saturated rings. The number of carbonyl (C=O) groups is 1. The van der Waals surface area contributed by atoms with Crippen molar-refractivity contribution in [1.29, 1.82) is 0 Å². The number of carboxylic acids is 1. The molecule has 2 rings (SSSR count). The maximum absolute atomic E-state index is 11.1. The molecule has 0 aliphatic heterocycles. The molecule has 1 aromatic heterocycles. The number of nitrogens with zero attached hydrogens (tertiary/aromatic N) is 4. The van der Waals surface area contributed by atoms with Crippen LogP contribution in [0.2, 0.25) is 0 Å². The number of aliphatic carboxylic acids is 1. The molecule has 17 heavy (non-hydrogen) atoms. The number of rotatable bonds is 6. The summed E-state index contributed by atoms with van der Waals surface area (Å²) >= 11 is 0. The Hall–Kier alpha value is -1.46. The highest BCUT2D eigenvalue weighted by molar-refractivity contribution is 5.77. The van der Waals surface area contributed by atoms with Crippen LogP contribution in [0.5, 0.6) is 0 Å². The molecule has 1 N–H and O–H groups in total. The van der Waals surface area contributed by atoms with E-state index in [1.165, 1.54) is 0 Å². The second-order valence-electron chi connectivity index (χ2n) is 5.06. The fraction of sp³-hybridized carbons (Fsp3) is 0.818. The van der Waals surface area contributed by atoms with Crippen molar-refractivity contribution in [3.63, 3.8) is 0 Å². The molecule has 1 heterocycles. The third kappa shape index (κ3) is 2.45. The van der Waals surface area contributed by atoms with Crippen LogP contribution in [0.15, 0.2) is 0 Å². The van der Waals surface area contributed by atoms with Crippen LogP contribution in [0.4, 0.5) is 0 Å². The first kappa shape index (κ1) is 12.0. The Kier molecular flexibility index (Phi) is 3.13. The minimum absolute atomic E-state index is 0.404. The summed E-state index contributed by atoms with van der Waals surface area (Å²) < 4.78 is 1.66. The van der Waals surface area contributed by atoms with Crippen molar-refractivity contribution in [2.24, 2.45) is 11.3 Å². The number of hydrogen-bond acceptors (Lipinski definition) is 4. The van der Waals surface area contributed by atoms with Crippen molar-refractivity contribution >= 4 is 5.97 Å². The second kappa shape index (κ2) is 4.43. The minimum atomic E-state index is -0.734. The van der Waals surface area contributed by atoms with Crippen LogP contribution in [-0.2, 0) is 17.8 Å². The van der Waals surface area contributed by atoms with Gasteiger partial charge in [-0.2, -0.15) is 0 Å². The number of hydrogen-bond donors (Lipinski definition) is 1. The van der Waals surface area contributed by atoms with E-state index >= 15 is 0 Å². The fourth-order valence-corrected chi connectivity index (χ4v) is 1.83. The van der Waals surface area contributed by atoms with Gasteiger partial charge in [-0.3, -0.25) is 4.79 Å². The van der Waals surface area contributed by atoms with E-state index in [-0.39, 0.29) is 0 Å². The van der Waals surface area contributed by atoms with Gasteiger partial charge in [-0.25, -0.2) is 4.68 Å². The van der Waals surface area contributed by atoms with E-state index in [0.29, 0.717) is 12.5 Å². The van der Waals surface area contributed by atoms with Gasteiger partial charge >= 0.3 is 5.97 Å². The molecule has 1 saturated carbocycles. The van der Waals surface area contributed by atoms with Crippen LogP contribution in [0.25, 0.3) is 0 Å². The van der Waals surface area contributed by atoms with Crippen LogP contribution in [0.3, 0.4) is 0 Å². The van der Waals surface area contributed by atoms with Crippen molar-refractivity contribution < 1.29 is 9.90 Å². The van der Waals surface area contributed by atoms with E-state index in [2.05, 4.69) is 29.4 Å². The van der Waals surface area contributed by atoms with Gasteiger partial charge in [0.05, 0.1) is 12.0 Å². The van der Waals surface area contributed by atoms with Gasteiger partial charge in [0.1, 0.15) is 0 Å². The lowest BCUT2D eigenvalue weighted by molar-refractivity contribution is -0.144. The van der Waals surface area contributed by atoms with Crippen molar-refractivity contribution in [2.45, 2.75) is 46.1 Å². The van der Waals surface area contributed by atoms with E-state index in [0.717, 1.165) is 31.5 Å². The summed E-state index contributed by atoms with van der Waals surface area (Å²) in [5.41, 5.74) is -0.612. The van der Waals surface area contributed by atoms with Crippen molar-refractivity contribution in [3.05, 3.63) is 5.82 Å². The van der Waals surface area contributed by atoms with Gasteiger partial charge in [0.25, 0.3) is 0 Å². The molecule has 6 heteroatoms. The van der Waals surface area contributed by atoms with E-state index in [1.807, 2.05) is 0 Å². The van der Waals surface area contributed by atoms with Crippen LogP contribution < -0.4 is 0 Å². The molecule has 0 spiro atoms. The van der Waals surface area contributed by atoms with E-state index < -0.39 is 11.4 Å². The molecule has 94 valence electrons. The Balaban J connectivity index is 2.07. The summed E-state index contributed by atoms with van der Waals surface area (Å²) in [4.78, 5) is 11.1. The summed E-state index contributed by atoms with van der Waals surface area (Å²) in [5, 5.41) is 20.7. The summed E-state index contributed by atoms with van der Waals surface area (Å²) in [6.07, 6.45) is 3.33. The maximum atomic E-state index is 11.1. The Morgan fingerprint density at radius 3 is 2.82 bits per heavy atom. The molecule has 0 bridgehead atoms. The zero-order valence-electron chi connectivity index (χ0n) is 10.3. The van der Waals surface area contributed by atoms with E-state index in [9.17, 15) is 4.79 Å². The Labute approximate surface area is 100 Å². The Bertz CT molecular complexity index is 411. The first-order chi connectivity index (χ1) is 8.07. The molecule has 0 saturated heterocycles. The molecule has 1 atom stereocenters. The standard InChI is InChI=1S/C11H18N4O2/c1-3-8(2)6-9-12-13-14-15(9)7-11(4-5-11)10(16)17/h8H,3-7H2,1-2H3,(H,16,17). The second-order valence-corrected chi connectivity index (χ2v) is 5.06. The monoisotopic (exact) mass is 238 g/mol. The number of carboxylic acid groups (broad SMARTS) is 1. The zero-order valence-corrected chi connectivity index (χ0v) is 10.3. The van der Waals surface area contributed by atoms with E-state index in [1.54, 1.807) is 4.68 Å². The number of tetrazole rings is 1. The quantitative estimate of drug-likeness (QED) is 0.803. The molecular formula is C11H18N4O2. The lowest BCUT2D eigenvalue weighted by Gasteiger charge is -2.12. The van der Waals surface area contributed by atoms with Gasteiger partial charge in [-0.1, -0.05) is 20.3 Å². The first-order valence-corrected chi connectivity index (χ1v) is 6.06.